The molecule has 0 aliphatic rings. The summed E-state index contributed by atoms with van der Waals surface area (Å²) in [7, 11) is 1.60. The molecule has 0 bridgehead atoms. The maximum atomic E-state index is 11.6. The number of hydrogen-bond acceptors (Lipinski definition) is 3. The molecule has 0 fully saturated rings. The average molecular weight is 255 g/mol. The molecule has 98 valence electrons. The van der Waals surface area contributed by atoms with Gasteiger partial charge in [0.2, 0.25) is 0 Å². The number of nitrogen functional groups attached to an aromatic ring is 1. The summed E-state index contributed by atoms with van der Waals surface area (Å²) in [4.78, 5) is 11.6. The van der Waals surface area contributed by atoms with Crippen molar-refractivity contribution in [2.24, 2.45) is 0 Å². The van der Waals surface area contributed by atoms with Crippen molar-refractivity contribution in [2.75, 3.05) is 18.1 Å². The fraction of sp³-hybridized carbons (Fsp3) is 0.133. The first kappa shape index (κ1) is 13.0. The Bertz CT molecular complexity index is 591. The number of hydrogen-bond donors (Lipinski definition) is 3. The predicted octanol–water partition coefficient (Wildman–Crippen LogP) is 2.68. The van der Waals surface area contributed by atoms with Crippen molar-refractivity contribution in [3.8, 4) is 0 Å². The molecule has 0 aliphatic carbocycles. The van der Waals surface area contributed by atoms with Crippen molar-refractivity contribution in [1.82, 2.24) is 5.32 Å². The molecule has 4 N–H and O–H groups in total. The predicted molar refractivity (Wildman–Crippen MR) is 78.7 cm³/mol. The number of nitrogens with two attached hydrogens (primary N) is 1. The van der Waals surface area contributed by atoms with E-state index in [9.17, 15) is 4.79 Å². The van der Waals surface area contributed by atoms with Gasteiger partial charge < -0.3 is 16.4 Å². The highest BCUT2D eigenvalue weighted by atomic mass is 16.1. The van der Waals surface area contributed by atoms with Gasteiger partial charge in [-0.15, -0.1) is 0 Å². The van der Waals surface area contributed by atoms with Crippen LogP contribution in [0.2, 0.25) is 0 Å². The Morgan fingerprint density at radius 2 is 1.79 bits per heavy atom. The van der Waals surface area contributed by atoms with Gasteiger partial charge in [0.15, 0.2) is 0 Å². The van der Waals surface area contributed by atoms with Crippen LogP contribution in [0, 0.1) is 6.92 Å². The number of anilines is 3. The maximum Gasteiger partial charge on any atom is 0.251 e. The van der Waals surface area contributed by atoms with Crippen molar-refractivity contribution in [3.63, 3.8) is 0 Å². The van der Waals surface area contributed by atoms with Crippen LogP contribution in [0.1, 0.15) is 15.9 Å². The molecule has 2 aromatic carbocycles. The summed E-state index contributed by atoms with van der Waals surface area (Å²) in [6, 6.07) is 13.1. The van der Waals surface area contributed by atoms with E-state index in [1.165, 1.54) is 5.56 Å². The molecule has 0 radical (unpaired) electrons. The van der Waals surface area contributed by atoms with Crippen LogP contribution in [0.5, 0.6) is 0 Å². The van der Waals surface area contributed by atoms with E-state index in [0.29, 0.717) is 11.3 Å². The summed E-state index contributed by atoms with van der Waals surface area (Å²) in [5.74, 6) is -0.132. The molecule has 2 rings (SSSR count). The second kappa shape index (κ2) is 5.44. The number of carbonyl (C=O) groups is 1. The van der Waals surface area contributed by atoms with E-state index in [0.717, 1.165) is 11.4 Å². The molecular formula is C15H17N3O. The summed E-state index contributed by atoms with van der Waals surface area (Å²) in [6.45, 7) is 2.03. The van der Waals surface area contributed by atoms with Gasteiger partial charge in [0.05, 0.1) is 11.4 Å². The van der Waals surface area contributed by atoms with E-state index in [1.807, 2.05) is 31.2 Å². The molecule has 4 nitrogen and oxygen atoms in total. The van der Waals surface area contributed by atoms with Crippen molar-refractivity contribution in [1.29, 1.82) is 0 Å². The molecule has 0 saturated heterocycles. The number of carbonyl (C=O) groups excluding carboxylic acids is 1. The Morgan fingerprint density at radius 1 is 1.11 bits per heavy atom. The topological polar surface area (TPSA) is 67.2 Å². The van der Waals surface area contributed by atoms with Crippen LogP contribution in [0.3, 0.4) is 0 Å². The van der Waals surface area contributed by atoms with Crippen LogP contribution in [-0.2, 0) is 0 Å². The molecule has 0 spiro atoms. The zero-order valence-corrected chi connectivity index (χ0v) is 11.0. The lowest BCUT2D eigenvalue weighted by Crippen LogP contribution is -2.17. The Morgan fingerprint density at radius 3 is 2.42 bits per heavy atom. The quantitative estimate of drug-likeness (QED) is 0.739. The maximum absolute atomic E-state index is 11.6. The number of benzene rings is 2. The number of aryl methyl sites for hydroxylation is 1. The highest BCUT2D eigenvalue weighted by molar-refractivity contribution is 5.96. The van der Waals surface area contributed by atoms with E-state index in [1.54, 1.807) is 25.2 Å². The zero-order chi connectivity index (χ0) is 13.8. The third-order valence-corrected chi connectivity index (χ3v) is 2.87. The molecule has 0 aromatic heterocycles. The van der Waals surface area contributed by atoms with Crippen LogP contribution in [0.25, 0.3) is 0 Å². The van der Waals surface area contributed by atoms with Crippen molar-refractivity contribution >= 4 is 23.0 Å². The normalized spacial score (nSPS) is 10.0. The summed E-state index contributed by atoms with van der Waals surface area (Å²) < 4.78 is 0. The second-order valence-corrected chi connectivity index (χ2v) is 4.37. The summed E-state index contributed by atoms with van der Waals surface area (Å²) in [5.41, 5.74) is 9.95. The van der Waals surface area contributed by atoms with Gasteiger partial charge in [0, 0.05) is 18.3 Å². The van der Waals surface area contributed by atoms with Crippen LogP contribution in [0.4, 0.5) is 17.1 Å². The monoisotopic (exact) mass is 255 g/mol. The van der Waals surface area contributed by atoms with Gasteiger partial charge in [0.25, 0.3) is 5.91 Å². The van der Waals surface area contributed by atoms with E-state index in [4.69, 9.17) is 5.73 Å². The van der Waals surface area contributed by atoms with E-state index >= 15 is 0 Å². The second-order valence-electron chi connectivity index (χ2n) is 4.37. The molecule has 4 heteroatoms. The molecule has 0 aliphatic heterocycles. The largest absolute Gasteiger partial charge is 0.397 e. The number of amides is 1. The minimum absolute atomic E-state index is 0.132. The Kier molecular flexibility index (Phi) is 3.71. The fourth-order valence-corrected chi connectivity index (χ4v) is 1.74. The van der Waals surface area contributed by atoms with Crippen molar-refractivity contribution in [2.45, 2.75) is 6.92 Å². The average Bonchev–Trinajstić information content (AvgIpc) is 2.43. The summed E-state index contributed by atoms with van der Waals surface area (Å²) in [6.07, 6.45) is 0. The molecule has 2 aromatic rings. The zero-order valence-electron chi connectivity index (χ0n) is 11.0. The standard InChI is InChI=1S/C15H17N3O/c1-10-3-6-12(7-4-10)18-14-9-11(15(19)17-2)5-8-13(14)16/h3-9,18H,16H2,1-2H3,(H,17,19). The van der Waals surface area contributed by atoms with Gasteiger partial charge in [-0.05, 0) is 37.3 Å². The van der Waals surface area contributed by atoms with Crippen molar-refractivity contribution in [3.05, 3.63) is 53.6 Å². The Balaban J connectivity index is 2.28. The van der Waals surface area contributed by atoms with E-state index in [-0.39, 0.29) is 5.91 Å². The Labute approximate surface area is 112 Å². The number of nitrogens with one attached hydrogen (secondary N) is 2. The summed E-state index contributed by atoms with van der Waals surface area (Å²) in [5, 5.41) is 5.81. The molecular weight excluding hydrogens is 238 g/mol. The van der Waals surface area contributed by atoms with Gasteiger partial charge >= 0.3 is 0 Å². The highest BCUT2D eigenvalue weighted by Gasteiger charge is 2.07. The minimum Gasteiger partial charge on any atom is -0.397 e. The van der Waals surface area contributed by atoms with Crippen LogP contribution in [-0.4, -0.2) is 13.0 Å². The molecule has 0 saturated carbocycles. The lowest BCUT2D eigenvalue weighted by molar-refractivity contribution is 0.0963. The third kappa shape index (κ3) is 3.04. The molecule has 0 atom stereocenters. The first-order chi connectivity index (χ1) is 9.10. The first-order valence-electron chi connectivity index (χ1n) is 6.05. The summed E-state index contributed by atoms with van der Waals surface area (Å²) >= 11 is 0. The SMILES string of the molecule is CNC(=O)c1ccc(N)c(Nc2ccc(C)cc2)c1. The first-order valence-corrected chi connectivity index (χ1v) is 6.05. The smallest absolute Gasteiger partial charge is 0.251 e. The van der Waals surface area contributed by atoms with E-state index < -0.39 is 0 Å². The molecule has 1 amide bonds. The van der Waals surface area contributed by atoms with Gasteiger partial charge in [-0.1, -0.05) is 17.7 Å². The van der Waals surface area contributed by atoms with Crippen molar-refractivity contribution < 1.29 is 4.79 Å². The molecule has 0 unspecified atom stereocenters. The van der Waals surface area contributed by atoms with Gasteiger partial charge in [-0.2, -0.15) is 0 Å². The highest BCUT2D eigenvalue weighted by Crippen LogP contribution is 2.24. The van der Waals surface area contributed by atoms with Gasteiger partial charge in [0.1, 0.15) is 0 Å². The molecule has 0 heterocycles. The third-order valence-electron chi connectivity index (χ3n) is 2.87. The van der Waals surface area contributed by atoms with Gasteiger partial charge in [-0.3, -0.25) is 4.79 Å². The lowest BCUT2D eigenvalue weighted by Gasteiger charge is -2.11. The van der Waals surface area contributed by atoms with Crippen LogP contribution >= 0.6 is 0 Å². The van der Waals surface area contributed by atoms with Crippen LogP contribution in [0.15, 0.2) is 42.5 Å². The van der Waals surface area contributed by atoms with Gasteiger partial charge in [-0.25, -0.2) is 0 Å². The minimum atomic E-state index is -0.132. The lowest BCUT2D eigenvalue weighted by atomic mass is 10.1. The molecule has 19 heavy (non-hydrogen) atoms. The Hall–Kier alpha value is -2.49. The van der Waals surface area contributed by atoms with E-state index in [2.05, 4.69) is 10.6 Å². The van der Waals surface area contributed by atoms with Crippen LogP contribution < -0.4 is 16.4 Å². The number of rotatable bonds is 3. The fourth-order valence-electron chi connectivity index (χ4n) is 1.74.